The monoisotopic (exact) mass is 304 g/mol. The second-order valence-electron chi connectivity index (χ2n) is 5.21. The Labute approximate surface area is 129 Å². The van der Waals surface area contributed by atoms with Crippen molar-refractivity contribution >= 4 is 11.9 Å². The SMILES string of the molecule is COC(=O)C1=C[C@H](O)[C@@H](NC(C)=O)N(Cc2ccccc2)C1. The van der Waals surface area contributed by atoms with Crippen LogP contribution in [0.25, 0.3) is 0 Å². The van der Waals surface area contributed by atoms with Gasteiger partial charge in [0.05, 0.1) is 7.11 Å². The molecule has 0 radical (unpaired) electrons. The summed E-state index contributed by atoms with van der Waals surface area (Å²) in [7, 11) is 1.30. The molecule has 1 aliphatic rings. The van der Waals surface area contributed by atoms with Crippen molar-refractivity contribution in [1.29, 1.82) is 0 Å². The molecule has 22 heavy (non-hydrogen) atoms. The first kappa shape index (κ1) is 16.2. The van der Waals surface area contributed by atoms with Crippen molar-refractivity contribution in [3.05, 3.63) is 47.5 Å². The Morgan fingerprint density at radius 2 is 2.05 bits per heavy atom. The molecule has 0 saturated carbocycles. The van der Waals surface area contributed by atoms with Gasteiger partial charge in [0.15, 0.2) is 0 Å². The molecule has 6 nitrogen and oxygen atoms in total. The molecule has 0 aromatic heterocycles. The molecule has 2 rings (SSSR count). The van der Waals surface area contributed by atoms with Crippen LogP contribution in [-0.4, -0.2) is 47.8 Å². The molecule has 1 aromatic rings. The van der Waals surface area contributed by atoms with Crippen LogP contribution in [0.5, 0.6) is 0 Å². The number of methoxy groups -OCH3 is 1. The Morgan fingerprint density at radius 1 is 1.36 bits per heavy atom. The zero-order valence-electron chi connectivity index (χ0n) is 12.7. The molecule has 6 heteroatoms. The number of esters is 1. The summed E-state index contributed by atoms with van der Waals surface area (Å²) in [5.41, 5.74) is 1.41. The molecule has 0 unspecified atom stereocenters. The van der Waals surface area contributed by atoms with E-state index in [2.05, 4.69) is 5.32 Å². The van der Waals surface area contributed by atoms with Gasteiger partial charge in [-0.3, -0.25) is 9.69 Å². The van der Waals surface area contributed by atoms with Gasteiger partial charge < -0.3 is 15.2 Å². The van der Waals surface area contributed by atoms with Gasteiger partial charge in [0, 0.05) is 25.6 Å². The number of hydrogen-bond acceptors (Lipinski definition) is 5. The van der Waals surface area contributed by atoms with Gasteiger partial charge in [-0.25, -0.2) is 4.79 Å². The van der Waals surface area contributed by atoms with Crippen molar-refractivity contribution in [3.8, 4) is 0 Å². The van der Waals surface area contributed by atoms with Crippen LogP contribution >= 0.6 is 0 Å². The molecule has 0 spiro atoms. The third-order valence-electron chi connectivity index (χ3n) is 3.49. The topological polar surface area (TPSA) is 78.9 Å². The minimum Gasteiger partial charge on any atom is -0.466 e. The summed E-state index contributed by atoms with van der Waals surface area (Å²) in [6, 6.07) is 9.65. The highest BCUT2D eigenvalue weighted by molar-refractivity contribution is 5.89. The number of aliphatic hydroxyl groups excluding tert-OH is 1. The maximum atomic E-state index is 11.7. The average Bonchev–Trinajstić information content (AvgIpc) is 2.50. The van der Waals surface area contributed by atoms with Crippen LogP contribution in [0.1, 0.15) is 12.5 Å². The number of aliphatic hydroxyl groups is 1. The number of nitrogens with zero attached hydrogens (tertiary/aromatic N) is 1. The van der Waals surface area contributed by atoms with E-state index in [4.69, 9.17) is 4.74 Å². The molecule has 2 atom stereocenters. The van der Waals surface area contributed by atoms with Gasteiger partial charge in [0.1, 0.15) is 12.3 Å². The average molecular weight is 304 g/mol. The Balaban J connectivity index is 2.23. The Bertz CT molecular complexity index is 571. The lowest BCUT2D eigenvalue weighted by atomic mass is 10.0. The van der Waals surface area contributed by atoms with Crippen molar-refractivity contribution in [2.24, 2.45) is 0 Å². The highest BCUT2D eigenvalue weighted by Gasteiger charge is 2.33. The van der Waals surface area contributed by atoms with E-state index in [1.807, 2.05) is 35.2 Å². The number of nitrogens with one attached hydrogen (secondary N) is 1. The van der Waals surface area contributed by atoms with Gasteiger partial charge in [-0.05, 0) is 11.6 Å². The second-order valence-corrected chi connectivity index (χ2v) is 5.21. The number of benzene rings is 1. The fraction of sp³-hybridized carbons (Fsp3) is 0.375. The third kappa shape index (κ3) is 3.93. The Morgan fingerprint density at radius 3 is 2.64 bits per heavy atom. The van der Waals surface area contributed by atoms with Crippen molar-refractivity contribution in [3.63, 3.8) is 0 Å². The number of ether oxygens (including phenoxy) is 1. The number of carbonyl (C=O) groups excluding carboxylic acids is 2. The second kappa shape index (κ2) is 7.20. The summed E-state index contributed by atoms with van der Waals surface area (Å²) in [6.45, 7) is 2.19. The first-order valence-electron chi connectivity index (χ1n) is 7.03. The number of amides is 1. The van der Waals surface area contributed by atoms with Gasteiger partial charge in [-0.15, -0.1) is 0 Å². The summed E-state index contributed by atoms with van der Waals surface area (Å²) >= 11 is 0. The van der Waals surface area contributed by atoms with Crippen LogP contribution in [0.15, 0.2) is 42.0 Å². The van der Waals surface area contributed by atoms with Crippen molar-refractivity contribution in [1.82, 2.24) is 10.2 Å². The zero-order valence-corrected chi connectivity index (χ0v) is 12.7. The molecule has 0 saturated heterocycles. The molecule has 1 aromatic carbocycles. The molecule has 1 heterocycles. The first-order chi connectivity index (χ1) is 10.5. The van der Waals surface area contributed by atoms with E-state index in [-0.39, 0.29) is 5.91 Å². The van der Waals surface area contributed by atoms with Gasteiger partial charge in [0.2, 0.25) is 5.91 Å². The molecule has 0 bridgehead atoms. The molecule has 0 aliphatic carbocycles. The predicted octanol–water partition coefficient (Wildman–Crippen LogP) is 0.425. The lowest BCUT2D eigenvalue weighted by Gasteiger charge is -2.37. The number of rotatable bonds is 4. The molecular formula is C16H20N2O4. The third-order valence-corrected chi connectivity index (χ3v) is 3.49. The van der Waals surface area contributed by atoms with Crippen LogP contribution in [0.2, 0.25) is 0 Å². The van der Waals surface area contributed by atoms with Crippen molar-refractivity contribution in [2.45, 2.75) is 25.7 Å². The summed E-state index contributed by atoms with van der Waals surface area (Å²) in [4.78, 5) is 24.9. The van der Waals surface area contributed by atoms with Crippen LogP contribution < -0.4 is 5.32 Å². The summed E-state index contributed by atoms with van der Waals surface area (Å²) in [5.74, 6) is -0.713. The number of hydrogen-bond donors (Lipinski definition) is 2. The maximum absolute atomic E-state index is 11.7. The molecule has 0 fully saturated rings. The Kier molecular flexibility index (Phi) is 5.30. The van der Waals surface area contributed by atoms with E-state index in [1.165, 1.54) is 20.1 Å². The van der Waals surface area contributed by atoms with Crippen molar-refractivity contribution < 1.29 is 19.4 Å². The smallest absolute Gasteiger partial charge is 0.334 e. The van der Waals surface area contributed by atoms with Gasteiger partial charge in [-0.1, -0.05) is 30.3 Å². The normalized spacial score (nSPS) is 21.9. The van der Waals surface area contributed by atoms with E-state index in [1.54, 1.807) is 0 Å². The fourth-order valence-corrected chi connectivity index (χ4v) is 2.50. The maximum Gasteiger partial charge on any atom is 0.334 e. The standard InChI is InChI=1S/C16H20N2O4/c1-11(19)17-15-14(20)8-13(16(21)22-2)10-18(15)9-12-6-4-3-5-7-12/h3-8,14-15,20H,9-10H2,1-2H3,(H,17,19)/t14-,15-/m0/s1. The van der Waals surface area contributed by atoms with E-state index in [9.17, 15) is 14.7 Å². The summed E-state index contributed by atoms with van der Waals surface area (Å²) in [5, 5.41) is 13.0. The highest BCUT2D eigenvalue weighted by Crippen LogP contribution is 2.19. The fourth-order valence-electron chi connectivity index (χ4n) is 2.50. The lowest BCUT2D eigenvalue weighted by Crippen LogP contribution is -2.56. The molecular weight excluding hydrogens is 284 g/mol. The van der Waals surface area contributed by atoms with Crippen LogP contribution in [0.3, 0.4) is 0 Å². The molecule has 1 aliphatic heterocycles. The van der Waals surface area contributed by atoms with Crippen LogP contribution in [-0.2, 0) is 20.9 Å². The first-order valence-corrected chi connectivity index (χ1v) is 7.03. The predicted molar refractivity (Wildman–Crippen MR) is 80.6 cm³/mol. The summed E-state index contributed by atoms with van der Waals surface area (Å²) < 4.78 is 4.72. The number of carbonyl (C=O) groups is 2. The van der Waals surface area contributed by atoms with Crippen LogP contribution in [0, 0.1) is 0 Å². The van der Waals surface area contributed by atoms with Crippen LogP contribution in [0.4, 0.5) is 0 Å². The van der Waals surface area contributed by atoms with Gasteiger partial charge in [0.25, 0.3) is 0 Å². The van der Waals surface area contributed by atoms with E-state index in [0.29, 0.717) is 18.7 Å². The quantitative estimate of drug-likeness (QED) is 0.789. The van der Waals surface area contributed by atoms with Gasteiger partial charge >= 0.3 is 5.97 Å². The van der Waals surface area contributed by atoms with Crippen molar-refractivity contribution in [2.75, 3.05) is 13.7 Å². The minimum atomic E-state index is -0.976. The molecule has 118 valence electrons. The van der Waals surface area contributed by atoms with E-state index in [0.717, 1.165) is 5.56 Å². The zero-order chi connectivity index (χ0) is 16.1. The highest BCUT2D eigenvalue weighted by atomic mass is 16.5. The largest absolute Gasteiger partial charge is 0.466 e. The lowest BCUT2D eigenvalue weighted by molar-refractivity contribution is -0.137. The van der Waals surface area contributed by atoms with E-state index >= 15 is 0 Å². The van der Waals surface area contributed by atoms with Gasteiger partial charge in [-0.2, -0.15) is 0 Å². The Hall–Kier alpha value is -2.18. The molecule has 1 amide bonds. The molecule has 2 N–H and O–H groups in total. The summed E-state index contributed by atoms with van der Waals surface area (Å²) in [6.07, 6.45) is -0.116. The minimum absolute atomic E-state index is 0.239. The van der Waals surface area contributed by atoms with E-state index < -0.39 is 18.2 Å².